The number of hydrogen-bond donors (Lipinski definition) is 2. The van der Waals surface area contributed by atoms with Gasteiger partial charge in [0, 0.05) is 28.3 Å². The minimum Gasteiger partial charge on any atom is -0.352 e. The largest absolute Gasteiger partial charge is 0.352 e. The van der Waals surface area contributed by atoms with Gasteiger partial charge in [-0.15, -0.1) is 0 Å². The summed E-state index contributed by atoms with van der Waals surface area (Å²) in [6.07, 6.45) is 3.77. The third-order valence-corrected chi connectivity index (χ3v) is 4.49. The maximum absolute atomic E-state index is 11.7. The Kier molecular flexibility index (Phi) is 3.75. The average Bonchev–Trinajstić information content (AvgIpc) is 2.74. The summed E-state index contributed by atoms with van der Waals surface area (Å²) >= 11 is 0. The summed E-state index contributed by atoms with van der Waals surface area (Å²) in [4.78, 5) is 11.7. The van der Waals surface area contributed by atoms with Crippen LogP contribution in [0.15, 0.2) is 0 Å². The van der Waals surface area contributed by atoms with E-state index in [4.69, 9.17) is 0 Å². The Labute approximate surface area is 92.6 Å². The molecule has 2 fully saturated rings. The van der Waals surface area contributed by atoms with Crippen LogP contribution < -0.4 is 10.6 Å². The molecule has 2 saturated heterocycles. The number of hydrogen-bond acceptors (Lipinski definition) is 3. The average molecular weight is 230 g/mol. The first-order chi connectivity index (χ1) is 7.25. The smallest absolute Gasteiger partial charge is 0.237 e. The highest BCUT2D eigenvalue weighted by atomic mass is 32.2. The Morgan fingerprint density at radius 3 is 2.60 bits per heavy atom. The van der Waals surface area contributed by atoms with Gasteiger partial charge in [0.15, 0.2) is 0 Å². The highest BCUT2D eigenvalue weighted by Crippen LogP contribution is 2.11. The molecule has 2 aliphatic rings. The predicted octanol–water partition coefficient (Wildman–Crippen LogP) is -0.234. The second kappa shape index (κ2) is 5.07. The number of nitrogens with one attached hydrogen (secondary N) is 2. The van der Waals surface area contributed by atoms with E-state index >= 15 is 0 Å². The molecule has 1 atom stereocenters. The molecule has 2 heterocycles. The summed E-state index contributed by atoms with van der Waals surface area (Å²) in [7, 11) is -0.645. The summed E-state index contributed by atoms with van der Waals surface area (Å²) in [5.74, 6) is 1.61. The molecule has 0 aliphatic carbocycles. The minimum absolute atomic E-state index is 0.0115. The van der Waals surface area contributed by atoms with Crippen LogP contribution in [0.25, 0.3) is 0 Å². The third kappa shape index (κ3) is 3.01. The van der Waals surface area contributed by atoms with Crippen molar-refractivity contribution in [3.63, 3.8) is 0 Å². The van der Waals surface area contributed by atoms with Gasteiger partial charge in [0.1, 0.15) is 0 Å². The zero-order valence-corrected chi connectivity index (χ0v) is 9.65. The Bertz CT molecular complexity index is 254. The highest BCUT2D eigenvalue weighted by molar-refractivity contribution is 7.85. The lowest BCUT2D eigenvalue weighted by Crippen LogP contribution is -2.47. The van der Waals surface area contributed by atoms with Crippen LogP contribution in [0.1, 0.15) is 25.7 Å². The van der Waals surface area contributed by atoms with Gasteiger partial charge in [-0.25, -0.2) is 0 Å². The second-order valence-electron chi connectivity index (χ2n) is 4.28. The minimum atomic E-state index is -0.645. The molecule has 15 heavy (non-hydrogen) atoms. The Morgan fingerprint density at radius 2 is 2.00 bits per heavy atom. The van der Waals surface area contributed by atoms with Crippen molar-refractivity contribution in [3.05, 3.63) is 0 Å². The summed E-state index contributed by atoms with van der Waals surface area (Å²) in [6, 6.07) is 0.259. The SMILES string of the molecule is O=C(NC1CCS(=O)CC1)[C@@H]1CCCN1. The van der Waals surface area contributed by atoms with Crippen LogP contribution in [0.5, 0.6) is 0 Å². The molecule has 0 saturated carbocycles. The van der Waals surface area contributed by atoms with Gasteiger partial charge in [0.25, 0.3) is 0 Å². The summed E-state index contributed by atoms with van der Waals surface area (Å²) in [6.45, 7) is 0.951. The molecule has 2 aliphatic heterocycles. The van der Waals surface area contributed by atoms with E-state index in [0.717, 1.165) is 43.7 Å². The molecule has 0 bridgehead atoms. The van der Waals surface area contributed by atoms with Crippen LogP contribution in [0.3, 0.4) is 0 Å². The van der Waals surface area contributed by atoms with E-state index in [-0.39, 0.29) is 18.0 Å². The van der Waals surface area contributed by atoms with Gasteiger partial charge < -0.3 is 10.6 Å². The first kappa shape index (κ1) is 11.1. The lowest BCUT2D eigenvalue weighted by molar-refractivity contribution is -0.123. The molecular formula is C10H18N2O2S. The van der Waals surface area contributed by atoms with E-state index in [2.05, 4.69) is 10.6 Å². The van der Waals surface area contributed by atoms with Crippen molar-refractivity contribution in [2.75, 3.05) is 18.1 Å². The molecule has 0 spiro atoms. The molecule has 0 aromatic carbocycles. The fraction of sp³-hybridized carbons (Fsp3) is 0.900. The summed E-state index contributed by atoms with van der Waals surface area (Å²) in [5.41, 5.74) is 0. The van der Waals surface area contributed by atoms with Crippen molar-refractivity contribution in [3.8, 4) is 0 Å². The van der Waals surface area contributed by atoms with Crippen molar-refractivity contribution in [1.29, 1.82) is 0 Å². The molecule has 4 nitrogen and oxygen atoms in total. The fourth-order valence-corrected chi connectivity index (χ4v) is 3.45. The maximum Gasteiger partial charge on any atom is 0.237 e. The molecule has 0 unspecified atom stereocenters. The molecular weight excluding hydrogens is 212 g/mol. The van der Waals surface area contributed by atoms with Crippen LogP contribution in [-0.4, -0.2) is 40.3 Å². The monoisotopic (exact) mass is 230 g/mol. The van der Waals surface area contributed by atoms with E-state index in [0.29, 0.717) is 0 Å². The normalized spacial score (nSPS) is 36.4. The van der Waals surface area contributed by atoms with Crippen LogP contribution >= 0.6 is 0 Å². The van der Waals surface area contributed by atoms with Crippen LogP contribution in [0.2, 0.25) is 0 Å². The van der Waals surface area contributed by atoms with Gasteiger partial charge in [-0.2, -0.15) is 0 Å². The van der Waals surface area contributed by atoms with E-state index < -0.39 is 10.8 Å². The van der Waals surface area contributed by atoms with Gasteiger partial charge in [-0.05, 0) is 32.2 Å². The lowest BCUT2D eigenvalue weighted by Gasteiger charge is -2.24. The number of amides is 1. The van der Waals surface area contributed by atoms with E-state index in [1.807, 2.05) is 0 Å². The van der Waals surface area contributed by atoms with Gasteiger partial charge >= 0.3 is 0 Å². The zero-order valence-electron chi connectivity index (χ0n) is 8.83. The zero-order chi connectivity index (χ0) is 10.7. The summed E-state index contributed by atoms with van der Waals surface area (Å²) < 4.78 is 11.1. The standard InChI is InChI=1S/C10H18N2O2S/c13-10(9-2-1-5-11-9)12-8-3-6-15(14)7-4-8/h8-9,11H,1-7H2,(H,12,13)/t8?,9-,15?/m0/s1. The fourth-order valence-electron chi connectivity index (χ4n) is 2.15. The first-order valence-electron chi connectivity index (χ1n) is 5.64. The molecule has 1 amide bonds. The van der Waals surface area contributed by atoms with E-state index in [9.17, 15) is 9.00 Å². The van der Waals surface area contributed by atoms with Gasteiger partial charge in [0.2, 0.25) is 5.91 Å². The topological polar surface area (TPSA) is 58.2 Å². The van der Waals surface area contributed by atoms with Crippen LogP contribution in [0.4, 0.5) is 0 Å². The van der Waals surface area contributed by atoms with Crippen LogP contribution in [0, 0.1) is 0 Å². The number of carbonyl (C=O) groups excluding carboxylic acids is 1. The molecule has 2 rings (SSSR count). The number of carbonyl (C=O) groups is 1. The molecule has 0 aromatic heterocycles. The van der Waals surface area contributed by atoms with Crippen molar-refractivity contribution in [2.45, 2.75) is 37.8 Å². The summed E-state index contributed by atoms with van der Waals surface area (Å²) in [5, 5.41) is 6.23. The third-order valence-electron chi connectivity index (χ3n) is 3.11. The predicted molar refractivity (Wildman–Crippen MR) is 60.1 cm³/mol. The van der Waals surface area contributed by atoms with E-state index in [1.165, 1.54) is 0 Å². The quantitative estimate of drug-likeness (QED) is 0.689. The van der Waals surface area contributed by atoms with Crippen LogP contribution in [-0.2, 0) is 15.6 Å². The highest BCUT2D eigenvalue weighted by Gasteiger charge is 2.25. The first-order valence-corrected chi connectivity index (χ1v) is 7.13. The van der Waals surface area contributed by atoms with Crippen molar-refractivity contribution in [1.82, 2.24) is 10.6 Å². The van der Waals surface area contributed by atoms with Gasteiger partial charge in [-0.1, -0.05) is 0 Å². The van der Waals surface area contributed by atoms with E-state index in [1.54, 1.807) is 0 Å². The molecule has 0 aromatic rings. The van der Waals surface area contributed by atoms with Crippen molar-refractivity contribution in [2.24, 2.45) is 0 Å². The van der Waals surface area contributed by atoms with Crippen molar-refractivity contribution < 1.29 is 9.00 Å². The molecule has 86 valence electrons. The molecule has 2 N–H and O–H groups in total. The number of rotatable bonds is 2. The molecule has 5 heteroatoms. The Morgan fingerprint density at radius 1 is 1.27 bits per heavy atom. The van der Waals surface area contributed by atoms with Gasteiger partial charge in [-0.3, -0.25) is 9.00 Å². The second-order valence-corrected chi connectivity index (χ2v) is 5.98. The Hall–Kier alpha value is -0.420. The molecule has 0 radical (unpaired) electrons. The Balaban J connectivity index is 1.76. The van der Waals surface area contributed by atoms with Gasteiger partial charge in [0.05, 0.1) is 6.04 Å². The van der Waals surface area contributed by atoms with Crippen molar-refractivity contribution >= 4 is 16.7 Å². The maximum atomic E-state index is 11.7. The lowest BCUT2D eigenvalue weighted by atomic mass is 10.1.